The molecule has 3 N–H and O–H groups in total. The molecule has 2 aromatic rings. The number of nitrogens with one attached hydrogen (secondary N) is 1. The van der Waals surface area contributed by atoms with Crippen molar-refractivity contribution < 1.29 is 14.9 Å². The summed E-state index contributed by atoms with van der Waals surface area (Å²) in [6.45, 7) is 0.811. The van der Waals surface area contributed by atoms with Crippen molar-refractivity contribution in [3.05, 3.63) is 58.6 Å². The first-order valence-electron chi connectivity index (χ1n) is 6.61. The first-order valence-corrected chi connectivity index (χ1v) is 6.98. The molecule has 1 unspecified atom stereocenters. The summed E-state index contributed by atoms with van der Waals surface area (Å²) in [4.78, 5) is 0. The highest BCUT2D eigenvalue weighted by molar-refractivity contribution is 6.30. The summed E-state index contributed by atoms with van der Waals surface area (Å²) < 4.78 is 5.05. The van der Waals surface area contributed by atoms with E-state index in [9.17, 15) is 10.2 Å². The van der Waals surface area contributed by atoms with Crippen LogP contribution in [0, 0.1) is 0 Å². The number of benzene rings is 2. The van der Waals surface area contributed by atoms with E-state index in [0.717, 1.165) is 11.1 Å². The highest BCUT2D eigenvalue weighted by atomic mass is 35.5. The molecule has 0 aliphatic heterocycles. The van der Waals surface area contributed by atoms with Gasteiger partial charge in [-0.3, -0.25) is 0 Å². The van der Waals surface area contributed by atoms with Gasteiger partial charge < -0.3 is 20.3 Å². The molecule has 0 heterocycles. The number of methoxy groups -OCH3 is 1. The van der Waals surface area contributed by atoms with Gasteiger partial charge in [0.1, 0.15) is 0 Å². The van der Waals surface area contributed by atoms with Crippen molar-refractivity contribution in [2.75, 3.05) is 13.7 Å². The normalized spacial score (nSPS) is 12.1. The number of aromatic hydroxyl groups is 1. The fraction of sp³-hybridized carbons (Fsp3) is 0.250. The van der Waals surface area contributed by atoms with E-state index in [-0.39, 0.29) is 5.75 Å². The third kappa shape index (κ3) is 4.11. The number of phenols is 1. The molecule has 0 saturated carbocycles. The molecule has 21 heavy (non-hydrogen) atoms. The predicted molar refractivity (Wildman–Crippen MR) is 82.8 cm³/mol. The second kappa shape index (κ2) is 7.31. The lowest BCUT2D eigenvalue weighted by Gasteiger charge is -2.13. The number of aliphatic hydroxyl groups excluding tert-OH is 1. The fourth-order valence-electron chi connectivity index (χ4n) is 2.02. The number of phenolic OH excluding ortho intramolecular Hbond substituents is 1. The molecule has 0 aliphatic carbocycles. The van der Waals surface area contributed by atoms with Gasteiger partial charge in [-0.15, -0.1) is 0 Å². The first-order chi connectivity index (χ1) is 10.1. The molecule has 0 radical (unpaired) electrons. The van der Waals surface area contributed by atoms with Crippen LogP contribution in [0.1, 0.15) is 17.2 Å². The summed E-state index contributed by atoms with van der Waals surface area (Å²) in [7, 11) is 1.51. The third-order valence-electron chi connectivity index (χ3n) is 3.21. The van der Waals surface area contributed by atoms with E-state index >= 15 is 0 Å². The molecule has 0 spiro atoms. The zero-order chi connectivity index (χ0) is 15.2. The third-order valence-corrected chi connectivity index (χ3v) is 3.46. The minimum absolute atomic E-state index is 0.119. The van der Waals surface area contributed by atoms with Crippen molar-refractivity contribution in [3.63, 3.8) is 0 Å². The molecule has 2 rings (SSSR count). The van der Waals surface area contributed by atoms with Crippen molar-refractivity contribution >= 4 is 11.6 Å². The Morgan fingerprint density at radius 1 is 1.19 bits per heavy atom. The van der Waals surface area contributed by atoms with Crippen molar-refractivity contribution in [1.29, 1.82) is 0 Å². The molecule has 4 nitrogen and oxygen atoms in total. The number of hydrogen-bond acceptors (Lipinski definition) is 4. The average molecular weight is 308 g/mol. The second-order valence-corrected chi connectivity index (χ2v) is 5.10. The molecule has 0 saturated heterocycles. The van der Waals surface area contributed by atoms with Gasteiger partial charge in [-0.05, 0) is 23.8 Å². The highest BCUT2D eigenvalue weighted by Crippen LogP contribution is 2.29. The lowest BCUT2D eigenvalue weighted by Crippen LogP contribution is -2.21. The van der Waals surface area contributed by atoms with Crippen LogP contribution in [0.2, 0.25) is 5.02 Å². The molecule has 0 aliphatic rings. The number of rotatable bonds is 6. The van der Waals surface area contributed by atoms with Crippen molar-refractivity contribution in [2.45, 2.75) is 12.6 Å². The Morgan fingerprint density at radius 2 is 1.90 bits per heavy atom. The maximum absolute atomic E-state index is 10.1. The van der Waals surface area contributed by atoms with E-state index in [1.54, 1.807) is 36.4 Å². The summed E-state index contributed by atoms with van der Waals surface area (Å²) in [5, 5.41) is 23.8. The standard InChI is InChI=1S/C16H18ClNO3/c1-21-15-4-2-3-12(16(15)20)9-18-10-14(19)11-5-7-13(17)8-6-11/h2-8,14,18-20H,9-10H2,1H3. The molecular formula is C16H18ClNO3. The minimum Gasteiger partial charge on any atom is -0.504 e. The molecule has 2 aromatic carbocycles. The smallest absolute Gasteiger partial charge is 0.162 e. The van der Waals surface area contributed by atoms with Crippen LogP contribution < -0.4 is 10.1 Å². The van der Waals surface area contributed by atoms with Crippen molar-refractivity contribution in [2.24, 2.45) is 0 Å². The van der Waals surface area contributed by atoms with E-state index in [0.29, 0.717) is 23.9 Å². The summed E-state index contributed by atoms with van der Waals surface area (Å²) in [5.41, 5.74) is 1.51. The predicted octanol–water partition coefficient (Wildman–Crippen LogP) is 2.88. The second-order valence-electron chi connectivity index (χ2n) is 4.67. The largest absolute Gasteiger partial charge is 0.504 e. The van der Waals surface area contributed by atoms with Crippen LogP contribution >= 0.6 is 11.6 Å². The fourth-order valence-corrected chi connectivity index (χ4v) is 2.15. The van der Waals surface area contributed by atoms with E-state index in [2.05, 4.69) is 5.32 Å². The Morgan fingerprint density at radius 3 is 2.57 bits per heavy atom. The van der Waals surface area contributed by atoms with E-state index < -0.39 is 6.10 Å². The van der Waals surface area contributed by atoms with Gasteiger partial charge in [0.2, 0.25) is 0 Å². The van der Waals surface area contributed by atoms with Gasteiger partial charge in [-0.25, -0.2) is 0 Å². The number of para-hydroxylation sites is 1. The Balaban J connectivity index is 1.91. The van der Waals surface area contributed by atoms with E-state index in [4.69, 9.17) is 16.3 Å². The van der Waals surface area contributed by atoms with Gasteiger partial charge in [0.05, 0.1) is 13.2 Å². The zero-order valence-corrected chi connectivity index (χ0v) is 12.5. The molecule has 0 bridgehead atoms. The van der Waals surface area contributed by atoms with Gasteiger partial charge in [-0.1, -0.05) is 35.9 Å². The Hall–Kier alpha value is -1.75. The molecule has 1 atom stereocenters. The van der Waals surface area contributed by atoms with Crippen molar-refractivity contribution in [3.8, 4) is 11.5 Å². The van der Waals surface area contributed by atoms with Gasteiger partial charge in [-0.2, -0.15) is 0 Å². The van der Waals surface area contributed by atoms with Gasteiger partial charge in [0.15, 0.2) is 11.5 Å². The highest BCUT2D eigenvalue weighted by Gasteiger charge is 2.09. The Bertz CT molecular complexity index is 587. The first kappa shape index (κ1) is 15.6. The number of aliphatic hydroxyl groups is 1. The summed E-state index contributed by atoms with van der Waals surface area (Å²) in [5.74, 6) is 0.557. The number of ether oxygens (including phenoxy) is 1. The van der Waals surface area contributed by atoms with Crippen molar-refractivity contribution in [1.82, 2.24) is 5.32 Å². The van der Waals surface area contributed by atoms with Crippen LogP contribution in [-0.4, -0.2) is 23.9 Å². The SMILES string of the molecule is COc1cccc(CNCC(O)c2ccc(Cl)cc2)c1O. The summed E-state index contributed by atoms with van der Waals surface area (Å²) in [6, 6.07) is 12.4. The lowest BCUT2D eigenvalue weighted by molar-refractivity contribution is 0.174. The number of hydrogen-bond donors (Lipinski definition) is 3. The molecule has 5 heteroatoms. The molecule has 0 fully saturated rings. The van der Waals surface area contributed by atoms with E-state index in [1.165, 1.54) is 7.11 Å². The molecular weight excluding hydrogens is 290 g/mol. The van der Waals surface area contributed by atoms with Crippen LogP contribution in [0.5, 0.6) is 11.5 Å². The molecule has 0 amide bonds. The minimum atomic E-state index is -0.630. The Labute approximate surface area is 129 Å². The maximum Gasteiger partial charge on any atom is 0.162 e. The van der Waals surface area contributed by atoms with Crippen LogP contribution in [0.25, 0.3) is 0 Å². The lowest BCUT2D eigenvalue weighted by atomic mass is 10.1. The monoisotopic (exact) mass is 307 g/mol. The van der Waals surface area contributed by atoms with Gasteiger partial charge in [0, 0.05) is 23.7 Å². The van der Waals surface area contributed by atoms with Crippen LogP contribution in [0.3, 0.4) is 0 Å². The average Bonchev–Trinajstić information content (AvgIpc) is 2.49. The summed E-state index contributed by atoms with van der Waals surface area (Å²) in [6.07, 6.45) is -0.630. The van der Waals surface area contributed by atoms with Gasteiger partial charge in [0.25, 0.3) is 0 Å². The quantitative estimate of drug-likeness (QED) is 0.768. The van der Waals surface area contributed by atoms with Gasteiger partial charge >= 0.3 is 0 Å². The molecule has 112 valence electrons. The van der Waals surface area contributed by atoms with Crippen LogP contribution in [0.4, 0.5) is 0 Å². The topological polar surface area (TPSA) is 61.7 Å². The van der Waals surface area contributed by atoms with Crippen LogP contribution in [0.15, 0.2) is 42.5 Å². The summed E-state index contributed by atoms with van der Waals surface area (Å²) >= 11 is 5.81. The number of halogens is 1. The van der Waals surface area contributed by atoms with Crippen LogP contribution in [-0.2, 0) is 6.54 Å². The Kier molecular flexibility index (Phi) is 5.44. The molecule has 0 aromatic heterocycles. The van der Waals surface area contributed by atoms with E-state index in [1.807, 2.05) is 6.07 Å². The maximum atomic E-state index is 10.1. The zero-order valence-electron chi connectivity index (χ0n) is 11.7.